The topological polar surface area (TPSA) is 15.3 Å². The van der Waals surface area contributed by atoms with Gasteiger partial charge in [-0.2, -0.15) is 0 Å². The van der Waals surface area contributed by atoms with E-state index in [1.54, 1.807) is 0 Å². The molecule has 0 unspecified atom stereocenters. The summed E-state index contributed by atoms with van der Waals surface area (Å²) in [5.74, 6) is 0. The Morgan fingerprint density at radius 3 is 2.07 bits per heavy atom. The van der Waals surface area contributed by atoms with Gasteiger partial charge in [0.15, 0.2) is 0 Å². The molecule has 1 aliphatic carbocycles. The van der Waals surface area contributed by atoms with Crippen LogP contribution < -0.4 is 5.32 Å². The predicted molar refractivity (Wildman–Crippen MR) is 67.3 cm³/mol. The Morgan fingerprint density at radius 1 is 1.00 bits per heavy atom. The highest BCUT2D eigenvalue weighted by atomic mass is 15.1. The second-order valence-electron chi connectivity index (χ2n) is 4.68. The third kappa shape index (κ3) is 4.12. The summed E-state index contributed by atoms with van der Waals surface area (Å²) in [5, 5.41) is 3.65. The van der Waals surface area contributed by atoms with Crippen molar-refractivity contribution < 1.29 is 0 Å². The molecule has 0 spiro atoms. The van der Waals surface area contributed by atoms with Crippen molar-refractivity contribution in [2.75, 3.05) is 19.6 Å². The lowest BCUT2D eigenvalue weighted by molar-refractivity contribution is 0.157. The molecule has 0 radical (unpaired) electrons. The van der Waals surface area contributed by atoms with E-state index in [1.807, 2.05) is 0 Å². The van der Waals surface area contributed by atoms with Gasteiger partial charge in [0.05, 0.1) is 0 Å². The standard InChI is InChI=1S/C13H28N2/c1-4-11-14-12-7-9-13(10-8-12)15(5-2)6-3/h12-14H,4-11H2,1-3H3. The van der Waals surface area contributed by atoms with E-state index >= 15 is 0 Å². The molecule has 0 saturated heterocycles. The molecular formula is C13H28N2. The Bertz CT molecular complexity index is 147. The van der Waals surface area contributed by atoms with Crippen LogP contribution in [0, 0.1) is 0 Å². The zero-order chi connectivity index (χ0) is 11.1. The summed E-state index contributed by atoms with van der Waals surface area (Å²) in [7, 11) is 0. The lowest BCUT2D eigenvalue weighted by atomic mass is 9.90. The highest BCUT2D eigenvalue weighted by Gasteiger charge is 2.23. The van der Waals surface area contributed by atoms with E-state index in [1.165, 1.54) is 51.7 Å². The van der Waals surface area contributed by atoms with E-state index in [4.69, 9.17) is 0 Å². The van der Waals surface area contributed by atoms with E-state index in [0.29, 0.717) is 0 Å². The lowest BCUT2D eigenvalue weighted by Crippen LogP contribution is -2.42. The molecule has 0 aromatic rings. The summed E-state index contributed by atoms with van der Waals surface area (Å²) in [6.45, 7) is 10.4. The van der Waals surface area contributed by atoms with Gasteiger partial charge in [-0.3, -0.25) is 0 Å². The van der Waals surface area contributed by atoms with Crippen LogP contribution in [0.4, 0.5) is 0 Å². The molecule has 15 heavy (non-hydrogen) atoms. The fourth-order valence-corrected chi connectivity index (χ4v) is 2.73. The molecule has 90 valence electrons. The number of nitrogens with one attached hydrogen (secondary N) is 1. The Labute approximate surface area is 95.4 Å². The van der Waals surface area contributed by atoms with Gasteiger partial charge in [-0.1, -0.05) is 20.8 Å². The van der Waals surface area contributed by atoms with E-state index in [0.717, 1.165) is 12.1 Å². The van der Waals surface area contributed by atoms with E-state index in [-0.39, 0.29) is 0 Å². The van der Waals surface area contributed by atoms with Gasteiger partial charge in [0.2, 0.25) is 0 Å². The first-order chi connectivity index (χ1) is 7.31. The number of hydrogen-bond acceptors (Lipinski definition) is 2. The van der Waals surface area contributed by atoms with Crippen molar-refractivity contribution in [1.29, 1.82) is 0 Å². The first-order valence-corrected chi connectivity index (χ1v) is 6.79. The molecule has 0 bridgehead atoms. The summed E-state index contributed by atoms with van der Waals surface area (Å²) >= 11 is 0. The van der Waals surface area contributed by atoms with Crippen LogP contribution in [0.15, 0.2) is 0 Å². The van der Waals surface area contributed by atoms with E-state index in [9.17, 15) is 0 Å². The first kappa shape index (κ1) is 13.0. The molecule has 1 rings (SSSR count). The quantitative estimate of drug-likeness (QED) is 0.728. The Hall–Kier alpha value is -0.0800. The molecule has 0 heterocycles. The molecule has 2 nitrogen and oxygen atoms in total. The summed E-state index contributed by atoms with van der Waals surface area (Å²) in [4.78, 5) is 2.62. The average molecular weight is 212 g/mol. The van der Waals surface area contributed by atoms with Gasteiger partial charge in [-0.05, 0) is 51.7 Å². The molecule has 0 aromatic heterocycles. The predicted octanol–water partition coefficient (Wildman–Crippen LogP) is 2.64. The lowest BCUT2D eigenvalue weighted by Gasteiger charge is -2.36. The molecule has 1 aliphatic rings. The van der Waals surface area contributed by atoms with E-state index in [2.05, 4.69) is 31.0 Å². The van der Waals surface area contributed by atoms with Crippen molar-refractivity contribution in [3.8, 4) is 0 Å². The van der Waals surface area contributed by atoms with Gasteiger partial charge in [0.25, 0.3) is 0 Å². The van der Waals surface area contributed by atoms with Crippen molar-refractivity contribution in [3.05, 3.63) is 0 Å². The fourth-order valence-electron chi connectivity index (χ4n) is 2.73. The molecule has 0 amide bonds. The van der Waals surface area contributed by atoms with Gasteiger partial charge in [0, 0.05) is 12.1 Å². The monoisotopic (exact) mass is 212 g/mol. The highest BCUT2D eigenvalue weighted by molar-refractivity contribution is 4.82. The van der Waals surface area contributed by atoms with Crippen molar-refractivity contribution in [3.63, 3.8) is 0 Å². The zero-order valence-electron chi connectivity index (χ0n) is 10.8. The van der Waals surface area contributed by atoms with Crippen LogP contribution in [-0.4, -0.2) is 36.6 Å². The molecule has 1 saturated carbocycles. The largest absolute Gasteiger partial charge is 0.314 e. The van der Waals surface area contributed by atoms with Crippen LogP contribution in [0.2, 0.25) is 0 Å². The maximum atomic E-state index is 3.65. The summed E-state index contributed by atoms with van der Waals surface area (Å²) in [5.41, 5.74) is 0. The normalized spacial score (nSPS) is 27.2. The third-order valence-corrected chi connectivity index (χ3v) is 3.71. The average Bonchev–Trinajstić information content (AvgIpc) is 2.29. The van der Waals surface area contributed by atoms with Crippen LogP contribution in [0.25, 0.3) is 0 Å². The minimum absolute atomic E-state index is 0.803. The van der Waals surface area contributed by atoms with Crippen LogP contribution >= 0.6 is 0 Å². The second kappa shape index (κ2) is 7.24. The van der Waals surface area contributed by atoms with Crippen LogP contribution in [-0.2, 0) is 0 Å². The number of nitrogens with zero attached hydrogens (tertiary/aromatic N) is 1. The molecule has 2 heteroatoms. The van der Waals surface area contributed by atoms with Crippen molar-refractivity contribution >= 4 is 0 Å². The highest BCUT2D eigenvalue weighted by Crippen LogP contribution is 2.22. The van der Waals surface area contributed by atoms with Crippen LogP contribution in [0.1, 0.15) is 52.9 Å². The summed E-state index contributed by atoms with van der Waals surface area (Å²) < 4.78 is 0. The Morgan fingerprint density at radius 2 is 1.60 bits per heavy atom. The smallest absolute Gasteiger partial charge is 0.00961 e. The summed E-state index contributed by atoms with van der Waals surface area (Å²) in [6, 6.07) is 1.66. The van der Waals surface area contributed by atoms with Gasteiger partial charge < -0.3 is 10.2 Å². The molecule has 1 N–H and O–H groups in total. The number of rotatable bonds is 6. The third-order valence-electron chi connectivity index (χ3n) is 3.71. The van der Waals surface area contributed by atoms with Crippen LogP contribution in [0.3, 0.4) is 0 Å². The molecule has 0 atom stereocenters. The maximum Gasteiger partial charge on any atom is 0.00961 e. The molecule has 1 fully saturated rings. The second-order valence-corrected chi connectivity index (χ2v) is 4.68. The molecular weight excluding hydrogens is 184 g/mol. The van der Waals surface area contributed by atoms with Crippen molar-refractivity contribution in [1.82, 2.24) is 10.2 Å². The van der Waals surface area contributed by atoms with Gasteiger partial charge in [-0.15, -0.1) is 0 Å². The van der Waals surface area contributed by atoms with Crippen molar-refractivity contribution in [2.24, 2.45) is 0 Å². The van der Waals surface area contributed by atoms with Crippen LogP contribution in [0.5, 0.6) is 0 Å². The SMILES string of the molecule is CCCNC1CCC(N(CC)CC)CC1. The minimum atomic E-state index is 0.803. The van der Waals surface area contributed by atoms with Gasteiger partial charge >= 0.3 is 0 Å². The Kier molecular flexibility index (Phi) is 6.26. The Balaban J connectivity index is 2.22. The van der Waals surface area contributed by atoms with Gasteiger partial charge in [-0.25, -0.2) is 0 Å². The number of hydrogen-bond donors (Lipinski definition) is 1. The minimum Gasteiger partial charge on any atom is -0.314 e. The molecule has 0 aliphatic heterocycles. The maximum absolute atomic E-state index is 3.65. The summed E-state index contributed by atoms with van der Waals surface area (Å²) in [6.07, 6.45) is 6.80. The first-order valence-electron chi connectivity index (χ1n) is 6.79. The zero-order valence-corrected chi connectivity index (χ0v) is 10.8. The van der Waals surface area contributed by atoms with E-state index < -0.39 is 0 Å². The van der Waals surface area contributed by atoms with Crippen molar-refractivity contribution in [2.45, 2.75) is 65.0 Å². The fraction of sp³-hybridized carbons (Fsp3) is 1.00. The van der Waals surface area contributed by atoms with Gasteiger partial charge in [0.1, 0.15) is 0 Å². The molecule has 0 aromatic carbocycles.